The molecule has 0 saturated heterocycles. The van der Waals surface area contributed by atoms with Gasteiger partial charge in [0.1, 0.15) is 0 Å². The normalized spacial score (nSPS) is 12.9. The largest absolute Gasteiger partial charge is 0.330 e. The molecule has 2 N–H and O–H groups in total. The summed E-state index contributed by atoms with van der Waals surface area (Å²) in [5.41, 5.74) is 6.91. The molecule has 0 atom stereocenters. The summed E-state index contributed by atoms with van der Waals surface area (Å²) in [5.74, 6) is 0. The zero-order valence-corrected chi connectivity index (χ0v) is 13.0. The smallest absolute Gasteiger partial charge is 0.175 e. The molecule has 0 aliphatic carbocycles. The Kier molecular flexibility index (Phi) is 5.12. The second-order valence-electron chi connectivity index (χ2n) is 5.96. The van der Waals surface area contributed by atoms with Crippen LogP contribution in [-0.4, -0.2) is 39.7 Å². The van der Waals surface area contributed by atoms with Crippen LogP contribution in [0.15, 0.2) is 29.2 Å². The molecule has 0 aliphatic rings. The second-order valence-corrected chi connectivity index (χ2v) is 7.97. The molecule has 0 fully saturated rings. The third kappa shape index (κ3) is 5.30. The number of sulfone groups is 1. The summed E-state index contributed by atoms with van der Waals surface area (Å²) < 4.78 is 22.7. The number of hydrogen-bond donors (Lipinski definition) is 1. The first-order valence-corrected chi connectivity index (χ1v) is 8.21. The average molecular weight is 284 g/mol. The Bertz CT molecular complexity index is 507. The van der Waals surface area contributed by atoms with Crippen LogP contribution in [0.5, 0.6) is 0 Å². The van der Waals surface area contributed by atoms with Crippen molar-refractivity contribution in [3.63, 3.8) is 0 Å². The summed E-state index contributed by atoms with van der Waals surface area (Å²) in [6.45, 7) is 6.60. The number of rotatable bonds is 6. The molecule has 0 unspecified atom stereocenters. The van der Waals surface area contributed by atoms with E-state index in [1.54, 1.807) is 12.1 Å². The molecule has 1 aromatic carbocycles. The van der Waals surface area contributed by atoms with Crippen molar-refractivity contribution in [3.05, 3.63) is 29.8 Å². The first-order valence-electron chi connectivity index (χ1n) is 6.32. The van der Waals surface area contributed by atoms with Crippen LogP contribution in [0.2, 0.25) is 0 Å². The van der Waals surface area contributed by atoms with Crippen LogP contribution in [0, 0.1) is 5.41 Å². The van der Waals surface area contributed by atoms with Crippen LogP contribution in [0.25, 0.3) is 0 Å². The fourth-order valence-electron chi connectivity index (χ4n) is 2.00. The topological polar surface area (TPSA) is 63.4 Å². The van der Waals surface area contributed by atoms with E-state index in [0.717, 1.165) is 18.7 Å². The highest BCUT2D eigenvalue weighted by atomic mass is 32.2. The average Bonchev–Trinajstić information content (AvgIpc) is 2.27. The van der Waals surface area contributed by atoms with Crippen LogP contribution >= 0.6 is 0 Å². The van der Waals surface area contributed by atoms with Gasteiger partial charge in [0.05, 0.1) is 4.90 Å². The van der Waals surface area contributed by atoms with Crippen molar-refractivity contribution >= 4 is 9.84 Å². The Balaban J connectivity index is 2.68. The van der Waals surface area contributed by atoms with Crippen molar-refractivity contribution in [2.75, 3.05) is 26.4 Å². The lowest BCUT2D eigenvalue weighted by molar-refractivity contribution is 0.210. The number of nitrogens with two attached hydrogens (primary N) is 1. The molecular formula is C14H24N2O2S. The predicted octanol–water partition coefficient (Wildman–Crippen LogP) is 1.51. The highest BCUT2D eigenvalue weighted by Gasteiger charge is 2.18. The fourth-order valence-corrected chi connectivity index (χ4v) is 2.64. The zero-order valence-electron chi connectivity index (χ0n) is 12.2. The summed E-state index contributed by atoms with van der Waals surface area (Å²) >= 11 is 0. The minimum absolute atomic E-state index is 0.0848. The molecule has 5 heteroatoms. The molecule has 0 amide bonds. The van der Waals surface area contributed by atoms with Crippen LogP contribution in [-0.2, 0) is 16.4 Å². The molecule has 19 heavy (non-hydrogen) atoms. The molecule has 108 valence electrons. The monoisotopic (exact) mass is 284 g/mol. The number of nitrogens with zero attached hydrogens (tertiary/aromatic N) is 1. The molecule has 0 aromatic heterocycles. The van der Waals surface area contributed by atoms with E-state index in [1.165, 1.54) is 6.26 Å². The molecule has 0 radical (unpaired) electrons. The standard InChI is InChI=1S/C14H24N2O2S/c1-14(2,10-15)11-16(3)9-12-5-7-13(8-6-12)19(4,17)18/h5-8H,9-11,15H2,1-4H3. The molecule has 1 aromatic rings. The summed E-state index contributed by atoms with van der Waals surface area (Å²) in [5, 5.41) is 0. The lowest BCUT2D eigenvalue weighted by atomic mass is 9.93. The van der Waals surface area contributed by atoms with Gasteiger partial charge in [0.15, 0.2) is 9.84 Å². The summed E-state index contributed by atoms with van der Waals surface area (Å²) in [6, 6.07) is 7.05. The quantitative estimate of drug-likeness (QED) is 0.860. The van der Waals surface area contributed by atoms with Crippen LogP contribution in [0.4, 0.5) is 0 Å². The van der Waals surface area contributed by atoms with E-state index in [2.05, 4.69) is 18.7 Å². The van der Waals surface area contributed by atoms with Gasteiger partial charge in [-0.1, -0.05) is 26.0 Å². The van der Waals surface area contributed by atoms with Crippen molar-refractivity contribution in [1.82, 2.24) is 4.90 Å². The zero-order chi connectivity index (χ0) is 14.7. The van der Waals surface area contributed by atoms with Gasteiger partial charge in [-0.15, -0.1) is 0 Å². The van der Waals surface area contributed by atoms with E-state index < -0.39 is 9.84 Å². The predicted molar refractivity (Wildman–Crippen MR) is 78.7 cm³/mol. The van der Waals surface area contributed by atoms with Crippen LogP contribution in [0.3, 0.4) is 0 Å². The highest BCUT2D eigenvalue weighted by molar-refractivity contribution is 7.90. The number of benzene rings is 1. The third-order valence-electron chi connectivity index (χ3n) is 3.05. The van der Waals surface area contributed by atoms with Crippen molar-refractivity contribution in [2.24, 2.45) is 11.1 Å². The van der Waals surface area contributed by atoms with Gasteiger partial charge in [-0.2, -0.15) is 0 Å². The Labute approximate surface area is 116 Å². The minimum atomic E-state index is -3.11. The fraction of sp³-hybridized carbons (Fsp3) is 0.571. The summed E-state index contributed by atoms with van der Waals surface area (Å²) in [7, 11) is -1.07. The maximum atomic E-state index is 11.4. The van der Waals surface area contributed by atoms with Crippen LogP contribution < -0.4 is 5.73 Å². The lowest BCUT2D eigenvalue weighted by Gasteiger charge is -2.29. The third-order valence-corrected chi connectivity index (χ3v) is 4.18. The molecule has 0 saturated carbocycles. The lowest BCUT2D eigenvalue weighted by Crippen LogP contribution is -2.36. The van der Waals surface area contributed by atoms with E-state index in [9.17, 15) is 8.42 Å². The Hall–Kier alpha value is -0.910. The van der Waals surface area contributed by atoms with E-state index in [-0.39, 0.29) is 5.41 Å². The van der Waals surface area contributed by atoms with Gasteiger partial charge in [-0.3, -0.25) is 0 Å². The Morgan fingerprint density at radius 3 is 2.16 bits per heavy atom. The minimum Gasteiger partial charge on any atom is -0.330 e. The van der Waals surface area contributed by atoms with Crippen molar-refractivity contribution in [1.29, 1.82) is 0 Å². The first-order chi connectivity index (χ1) is 8.64. The van der Waals surface area contributed by atoms with Gasteiger partial charge >= 0.3 is 0 Å². The van der Waals surface area contributed by atoms with Crippen molar-refractivity contribution < 1.29 is 8.42 Å². The van der Waals surface area contributed by atoms with E-state index >= 15 is 0 Å². The van der Waals surface area contributed by atoms with Crippen molar-refractivity contribution in [3.8, 4) is 0 Å². The summed E-state index contributed by atoms with van der Waals surface area (Å²) in [6.07, 6.45) is 1.22. The highest BCUT2D eigenvalue weighted by Crippen LogP contribution is 2.16. The van der Waals surface area contributed by atoms with E-state index in [1.807, 2.05) is 19.2 Å². The van der Waals surface area contributed by atoms with Gasteiger partial charge in [0.2, 0.25) is 0 Å². The molecule has 0 spiro atoms. The van der Waals surface area contributed by atoms with Gasteiger partial charge in [-0.05, 0) is 36.7 Å². The first kappa shape index (κ1) is 16.1. The van der Waals surface area contributed by atoms with Crippen molar-refractivity contribution in [2.45, 2.75) is 25.3 Å². The van der Waals surface area contributed by atoms with Gasteiger partial charge in [-0.25, -0.2) is 8.42 Å². The molecule has 0 aliphatic heterocycles. The second kappa shape index (κ2) is 6.03. The van der Waals surface area contributed by atoms with Gasteiger partial charge in [0, 0.05) is 19.3 Å². The molecule has 0 heterocycles. The van der Waals surface area contributed by atoms with Gasteiger partial charge < -0.3 is 10.6 Å². The van der Waals surface area contributed by atoms with Gasteiger partial charge in [0.25, 0.3) is 0 Å². The van der Waals surface area contributed by atoms with E-state index in [4.69, 9.17) is 5.73 Å². The summed E-state index contributed by atoms with van der Waals surface area (Å²) in [4.78, 5) is 2.56. The molecule has 1 rings (SSSR count). The number of hydrogen-bond acceptors (Lipinski definition) is 4. The Morgan fingerprint density at radius 1 is 1.21 bits per heavy atom. The maximum Gasteiger partial charge on any atom is 0.175 e. The van der Waals surface area contributed by atoms with E-state index in [0.29, 0.717) is 11.4 Å². The van der Waals surface area contributed by atoms with Crippen LogP contribution in [0.1, 0.15) is 19.4 Å². The Morgan fingerprint density at radius 2 is 1.74 bits per heavy atom. The SMILES string of the molecule is CN(Cc1ccc(S(C)(=O)=O)cc1)CC(C)(C)CN. The molecule has 0 bridgehead atoms. The maximum absolute atomic E-state index is 11.4. The molecule has 4 nitrogen and oxygen atoms in total. The molecular weight excluding hydrogens is 260 g/mol.